The minimum atomic E-state index is -2.90. The van der Waals surface area contributed by atoms with Crippen LogP contribution in [0.3, 0.4) is 0 Å². The Hall–Kier alpha value is -3.87. The molecule has 0 aliphatic carbocycles. The van der Waals surface area contributed by atoms with Gasteiger partial charge in [0.15, 0.2) is 0 Å². The van der Waals surface area contributed by atoms with Crippen LogP contribution in [0.4, 0.5) is 14.5 Å². The highest BCUT2D eigenvalue weighted by atomic mass is 19.3. The van der Waals surface area contributed by atoms with Crippen LogP contribution in [0.5, 0.6) is 17.2 Å². The summed E-state index contributed by atoms with van der Waals surface area (Å²) < 4.78 is 39.6. The summed E-state index contributed by atoms with van der Waals surface area (Å²) in [5.41, 5.74) is 2.22. The molecule has 0 aliphatic heterocycles. The molecule has 5 nitrogen and oxygen atoms in total. The van der Waals surface area contributed by atoms with Crippen molar-refractivity contribution in [2.45, 2.75) is 6.61 Å². The molecule has 0 heterocycles. The average molecular weight is 425 g/mol. The van der Waals surface area contributed by atoms with Gasteiger partial charge in [0, 0.05) is 11.6 Å². The first-order valence-electron chi connectivity index (χ1n) is 9.35. The van der Waals surface area contributed by atoms with Gasteiger partial charge in [-0.05, 0) is 41.5 Å². The zero-order chi connectivity index (χ0) is 22.2. The van der Waals surface area contributed by atoms with Gasteiger partial charge in [0.1, 0.15) is 17.2 Å². The van der Waals surface area contributed by atoms with E-state index in [1.807, 2.05) is 30.3 Å². The fraction of sp³-hybridized carbons (Fsp3) is 0.125. The van der Waals surface area contributed by atoms with Crippen molar-refractivity contribution in [3.05, 3.63) is 83.9 Å². The van der Waals surface area contributed by atoms with Crippen LogP contribution >= 0.6 is 0 Å². The molecule has 0 radical (unpaired) electrons. The topological polar surface area (TPSA) is 56.8 Å². The highest BCUT2D eigenvalue weighted by Gasteiger charge is 2.15. The molecule has 3 aromatic carbocycles. The smallest absolute Gasteiger partial charge is 0.387 e. The molecule has 7 heteroatoms. The Morgan fingerprint density at radius 1 is 0.903 bits per heavy atom. The van der Waals surface area contributed by atoms with Crippen molar-refractivity contribution in [1.82, 2.24) is 0 Å². The SMILES string of the molecule is COc1ccc(NC(=O)C(=Cc2ccc(OC(F)F)cc2)c2ccccc2)c(OC)c1. The number of carbonyl (C=O) groups is 1. The first kappa shape index (κ1) is 21.8. The molecule has 1 N–H and O–H groups in total. The number of methoxy groups -OCH3 is 2. The normalized spacial score (nSPS) is 11.2. The van der Waals surface area contributed by atoms with Crippen LogP contribution in [0.1, 0.15) is 11.1 Å². The van der Waals surface area contributed by atoms with E-state index in [0.29, 0.717) is 33.9 Å². The van der Waals surface area contributed by atoms with Crippen molar-refractivity contribution in [1.29, 1.82) is 0 Å². The molecular weight excluding hydrogens is 404 g/mol. The van der Waals surface area contributed by atoms with Crippen LogP contribution in [0, 0.1) is 0 Å². The van der Waals surface area contributed by atoms with Crippen LogP contribution in [-0.2, 0) is 4.79 Å². The Kier molecular flexibility index (Phi) is 7.22. The summed E-state index contributed by atoms with van der Waals surface area (Å²) in [6.45, 7) is -2.90. The van der Waals surface area contributed by atoms with Gasteiger partial charge in [-0.15, -0.1) is 0 Å². The van der Waals surface area contributed by atoms with Gasteiger partial charge in [-0.25, -0.2) is 0 Å². The van der Waals surface area contributed by atoms with E-state index in [0.717, 1.165) is 0 Å². The summed E-state index contributed by atoms with van der Waals surface area (Å²) in [5.74, 6) is 0.733. The van der Waals surface area contributed by atoms with Gasteiger partial charge in [-0.3, -0.25) is 4.79 Å². The van der Waals surface area contributed by atoms with Gasteiger partial charge in [0.25, 0.3) is 5.91 Å². The Bertz CT molecular complexity index is 1050. The fourth-order valence-electron chi connectivity index (χ4n) is 2.90. The first-order chi connectivity index (χ1) is 15.0. The number of amides is 1. The molecule has 3 aromatic rings. The molecule has 0 aromatic heterocycles. The molecule has 0 fully saturated rings. The second kappa shape index (κ2) is 10.2. The largest absolute Gasteiger partial charge is 0.497 e. The molecule has 0 unspecified atom stereocenters. The van der Waals surface area contributed by atoms with Gasteiger partial charge in [-0.2, -0.15) is 8.78 Å². The maximum atomic E-state index is 13.2. The standard InChI is InChI=1S/C24H21F2NO4/c1-29-19-12-13-21(22(15-19)30-2)27-23(28)20(17-6-4-3-5-7-17)14-16-8-10-18(11-9-16)31-24(25)26/h3-15,24H,1-2H3,(H,27,28). The molecule has 0 saturated carbocycles. The Morgan fingerprint density at radius 3 is 2.19 bits per heavy atom. The van der Waals surface area contributed by atoms with Crippen molar-refractivity contribution < 1.29 is 27.8 Å². The van der Waals surface area contributed by atoms with Crippen LogP contribution < -0.4 is 19.5 Å². The Morgan fingerprint density at radius 2 is 1.58 bits per heavy atom. The summed E-state index contributed by atoms with van der Waals surface area (Å²) in [6, 6.07) is 20.2. The Labute approximate surface area is 178 Å². The van der Waals surface area contributed by atoms with Gasteiger partial charge in [0.2, 0.25) is 0 Å². The predicted molar refractivity (Wildman–Crippen MR) is 116 cm³/mol. The van der Waals surface area contributed by atoms with Crippen molar-refractivity contribution in [2.24, 2.45) is 0 Å². The minimum absolute atomic E-state index is 0.0424. The van der Waals surface area contributed by atoms with Gasteiger partial charge in [0.05, 0.1) is 19.9 Å². The molecule has 160 valence electrons. The maximum absolute atomic E-state index is 13.2. The van der Waals surface area contributed by atoms with Crippen molar-refractivity contribution in [3.63, 3.8) is 0 Å². The lowest BCUT2D eigenvalue weighted by atomic mass is 10.0. The maximum Gasteiger partial charge on any atom is 0.387 e. The first-order valence-corrected chi connectivity index (χ1v) is 9.35. The number of rotatable bonds is 8. The van der Waals surface area contributed by atoms with Crippen LogP contribution in [0.15, 0.2) is 72.8 Å². The highest BCUT2D eigenvalue weighted by Crippen LogP contribution is 2.30. The number of halogens is 2. The summed E-state index contributed by atoms with van der Waals surface area (Å²) in [7, 11) is 3.04. The van der Waals surface area contributed by atoms with Gasteiger partial charge in [-0.1, -0.05) is 42.5 Å². The lowest BCUT2D eigenvalue weighted by Gasteiger charge is -2.14. The van der Waals surface area contributed by atoms with E-state index in [1.54, 1.807) is 43.5 Å². The van der Waals surface area contributed by atoms with Crippen LogP contribution in [0.25, 0.3) is 11.6 Å². The fourth-order valence-corrected chi connectivity index (χ4v) is 2.90. The zero-order valence-electron chi connectivity index (χ0n) is 17.0. The molecule has 0 saturated heterocycles. The molecule has 0 atom stereocenters. The number of nitrogens with one attached hydrogen (secondary N) is 1. The number of carbonyl (C=O) groups excluding carboxylic acids is 1. The van der Waals surface area contributed by atoms with E-state index >= 15 is 0 Å². The van der Waals surface area contributed by atoms with E-state index in [-0.39, 0.29) is 11.7 Å². The molecular formula is C24H21F2NO4. The lowest BCUT2D eigenvalue weighted by Crippen LogP contribution is -2.14. The van der Waals surface area contributed by atoms with Crippen molar-refractivity contribution >= 4 is 23.2 Å². The monoisotopic (exact) mass is 425 g/mol. The quantitative estimate of drug-likeness (QED) is 0.383. The summed E-state index contributed by atoms with van der Waals surface area (Å²) in [5, 5.41) is 2.86. The van der Waals surface area contributed by atoms with Crippen LogP contribution in [-0.4, -0.2) is 26.7 Å². The molecule has 1 amide bonds. The Balaban J connectivity index is 1.93. The zero-order valence-corrected chi connectivity index (χ0v) is 17.0. The number of ether oxygens (including phenoxy) is 3. The molecule has 3 rings (SSSR count). The highest BCUT2D eigenvalue weighted by molar-refractivity contribution is 6.29. The summed E-state index contributed by atoms with van der Waals surface area (Å²) in [4.78, 5) is 13.2. The second-order valence-corrected chi connectivity index (χ2v) is 6.39. The molecule has 0 aliphatic rings. The molecule has 31 heavy (non-hydrogen) atoms. The molecule has 0 spiro atoms. The number of hydrogen-bond donors (Lipinski definition) is 1. The number of anilines is 1. The average Bonchev–Trinajstić information content (AvgIpc) is 2.79. The number of alkyl halides is 2. The summed E-state index contributed by atoms with van der Waals surface area (Å²) >= 11 is 0. The van der Waals surface area contributed by atoms with E-state index < -0.39 is 6.61 Å². The van der Waals surface area contributed by atoms with Crippen LogP contribution in [0.2, 0.25) is 0 Å². The van der Waals surface area contributed by atoms with E-state index in [2.05, 4.69) is 10.1 Å². The number of benzene rings is 3. The lowest BCUT2D eigenvalue weighted by molar-refractivity contribution is -0.111. The third kappa shape index (κ3) is 5.82. The van der Waals surface area contributed by atoms with E-state index in [4.69, 9.17) is 9.47 Å². The van der Waals surface area contributed by atoms with Gasteiger partial charge >= 0.3 is 6.61 Å². The van der Waals surface area contributed by atoms with Crippen molar-refractivity contribution in [3.8, 4) is 17.2 Å². The number of hydrogen-bond acceptors (Lipinski definition) is 4. The minimum Gasteiger partial charge on any atom is -0.497 e. The third-order valence-corrected chi connectivity index (χ3v) is 4.40. The third-order valence-electron chi connectivity index (χ3n) is 4.40. The van der Waals surface area contributed by atoms with Gasteiger partial charge < -0.3 is 19.5 Å². The molecule has 0 bridgehead atoms. The van der Waals surface area contributed by atoms with E-state index in [1.165, 1.54) is 19.2 Å². The van der Waals surface area contributed by atoms with Crippen molar-refractivity contribution in [2.75, 3.05) is 19.5 Å². The predicted octanol–water partition coefficient (Wildman–Crippen LogP) is 5.48. The van der Waals surface area contributed by atoms with E-state index in [9.17, 15) is 13.6 Å². The second-order valence-electron chi connectivity index (χ2n) is 6.39. The summed E-state index contributed by atoms with van der Waals surface area (Å²) in [6.07, 6.45) is 1.67.